The van der Waals surface area contributed by atoms with Gasteiger partial charge in [-0.3, -0.25) is 0 Å². The molecular formula is C14H16ClN3. The Morgan fingerprint density at radius 1 is 1.11 bits per heavy atom. The van der Waals surface area contributed by atoms with Crippen LogP contribution in [0.4, 0.5) is 11.5 Å². The molecule has 1 heterocycles. The Labute approximate surface area is 112 Å². The van der Waals surface area contributed by atoms with E-state index in [0.29, 0.717) is 0 Å². The third kappa shape index (κ3) is 2.99. The first kappa shape index (κ1) is 12.8. The van der Waals surface area contributed by atoms with Crippen molar-refractivity contribution in [2.24, 2.45) is 0 Å². The van der Waals surface area contributed by atoms with Crippen molar-refractivity contribution >= 4 is 23.1 Å². The number of benzene rings is 1. The molecule has 4 heteroatoms. The molecule has 0 aliphatic rings. The average Bonchev–Trinajstić information content (AvgIpc) is 2.33. The molecule has 0 amide bonds. The summed E-state index contributed by atoms with van der Waals surface area (Å²) in [5.74, 6) is 0.732. The van der Waals surface area contributed by atoms with Crippen LogP contribution in [0.2, 0.25) is 5.28 Å². The van der Waals surface area contributed by atoms with Crippen LogP contribution in [0.3, 0.4) is 0 Å². The van der Waals surface area contributed by atoms with E-state index in [1.54, 1.807) is 0 Å². The lowest BCUT2D eigenvalue weighted by Gasteiger charge is -2.09. The maximum atomic E-state index is 5.89. The van der Waals surface area contributed by atoms with Gasteiger partial charge in [0.1, 0.15) is 5.82 Å². The van der Waals surface area contributed by atoms with E-state index in [9.17, 15) is 0 Å². The molecule has 0 bridgehead atoms. The summed E-state index contributed by atoms with van der Waals surface area (Å²) in [5.41, 5.74) is 4.46. The largest absolute Gasteiger partial charge is 0.340 e. The predicted octanol–water partition coefficient (Wildman–Crippen LogP) is 4.05. The Hall–Kier alpha value is -1.61. The monoisotopic (exact) mass is 261 g/mol. The smallest absolute Gasteiger partial charge is 0.224 e. The van der Waals surface area contributed by atoms with Crippen LogP contribution in [0.25, 0.3) is 0 Å². The number of anilines is 2. The molecule has 0 atom stereocenters. The van der Waals surface area contributed by atoms with Gasteiger partial charge in [-0.15, -0.1) is 0 Å². The second kappa shape index (κ2) is 5.36. The highest BCUT2D eigenvalue weighted by atomic mass is 35.5. The first-order valence-electron chi connectivity index (χ1n) is 5.96. The van der Waals surface area contributed by atoms with E-state index in [-0.39, 0.29) is 5.28 Å². The zero-order valence-corrected chi connectivity index (χ0v) is 11.5. The van der Waals surface area contributed by atoms with Crippen molar-refractivity contribution in [3.8, 4) is 0 Å². The highest BCUT2D eigenvalue weighted by Crippen LogP contribution is 2.19. The highest BCUT2D eigenvalue weighted by molar-refractivity contribution is 6.28. The minimum absolute atomic E-state index is 0.278. The molecule has 1 aromatic heterocycles. The van der Waals surface area contributed by atoms with Crippen molar-refractivity contribution in [2.75, 3.05) is 5.32 Å². The summed E-state index contributed by atoms with van der Waals surface area (Å²) in [6, 6.07) is 8.13. The molecule has 0 radical (unpaired) electrons. The zero-order valence-electron chi connectivity index (χ0n) is 10.8. The highest BCUT2D eigenvalue weighted by Gasteiger charge is 2.03. The molecule has 3 nitrogen and oxygen atoms in total. The predicted molar refractivity (Wildman–Crippen MR) is 75.6 cm³/mol. The third-order valence-corrected chi connectivity index (χ3v) is 3.06. The van der Waals surface area contributed by atoms with Crippen molar-refractivity contribution in [3.05, 3.63) is 46.4 Å². The summed E-state index contributed by atoms with van der Waals surface area (Å²) in [7, 11) is 0. The molecule has 0 saturated heterocycles. The van der Waals surface area contributed by atoms with Gasteiger partial charge < -0.3 is 5.32 Å². The van der Waals surface area contributed by atoms with Crippen molar-refractivity contribution < 1.29 is 0 Å². The van der Waals surface area contributed by atoms with Crippen molar-refractivity contribution in [1.82, 2.24) is 9.97 Å². The molecule has 1 aromatic carbocycles. The first-order valence-corrected chi connectivity index (χ1v) is 6.34. The normalized spacial score (nSPS) is 10.4. The SMILES string of the molecule is CCc1cc(Nc2ccc(C)c(C)c2)nc(Cl)n1. The number of nitrogens with zero attached hydrogens (tertiary/aromatic N) is 2. The molecule has 18 heavy (non-hydrogen) atoms. The lowest BCUT2D eigenvalue weighted by Crippen LogP contribution is -1.98. The van der Waals surface area contributed by atoms with Gasteiger partial charge in [-0.25, -0.2) is 9.97 Å². The summed E-state index contributed by atoms with van der Waals surface area (Å²) in [4.78, 5) is 8.31. The average molecular weight is 262 g/mol. The Bertz CT molecular complexity index is 567. The van der Waals surface area contributed by atoms with E-state index >= 15 is 0 Å². The molecule has 94 valence electrons. The fourth-order valence-electron chi connectivity index (χ4n) is 1.68. The fraction of sp³-hybridized carbons (Fsp3) is 0.286. The fourth-order valence-corrected chi connectivity index (χ4v) is 1.88. The van der Waals surface area contributed by atoms with E-state index in [2.05, 4.69) is 41.3 Å². The van der Waals surface area contributed by atoms with Crippen LogP contribution < -0.4 is 5.32 Å². The maximum Gasteiger partial charge on any atom is 0.224 e. The molecule has 0 aliphatic carbocycles. The molecule has 0 spiro atoms. The van der Waals surface area contributed by atoms with E-state index in [0.717, 1.165) is 23.6 Å². The van der Waals surface area contributed by atoms with Gasteiger partial charge in [-0.1, -0.05) is 13.0 Å². The summed E-state index contributed by atoms with van der Waals surface area (Å²) in [5, 5.41) is 3.53. The van der Waals surface area contributed by atoms with E-state index < -0.39 is 0 Å². The quantitative estimate of drug-likeness (QED) is 0.847. The Morgan fingerprint density at radius 2 is 1.89 bits per heavy atom. The van der Waals surface area contributed by atoms with Gasteiger partial charge in [0, 0.05) is 17.4 Å². The number of rotatable bonds is 3. The lowest BCUT2D eigenvalue weighted by molar-refractivity contribution is 1.00. The maximum absolute atomic E-state index is 5.89. The number of aromatic nitrogens is 2. The number of halogens is 1. The summed E-state index contributed by atoms with van der Waals surface area (Å²) >= 11 is 5.89. The van der Waals surface area contributed by atoms with E-state index in [4.69, 9.17) is 11.6 Å². The Balaban J connectivity index is 2.27. The van der Waals surface area contributed by atoms with Crippen LogP contribution >= 0.6 is 11.6 Å². The molecular weight excluding hydrogens is 246 g/mol. The van der Waals surface area contributed by atoms with Crippen molar-refractivity contribution in [3.63, 3.8) is 0 Å². The topological polar surface area (TPSA) is 37.8 Å². The number of hydrogen-bond acceptors (Lipinski definition) is 3. The molecule has 2 aromatic rings. The number of hydrogen-bond donors (Lipinski definition) is 1. The van der Waals surface area contributed by atoms with Crippen LogP contribution in [0.1, 0.15) is 23.7 Å². The zero-order chi connectivity index (χ0) is 13.1. The minimum atomic E-state index is 0.278. The minimum Gasteiger partial charge on any atom is -0.340 e. The Morgan fingerprint density at radius 3 is 2.56 bits per heavy atom. The van der Waals surface area contributed by atoms with Gasteiger partial charge >= 0.3 is 0 Å². The van der Waals surface area contributed by atoms with Crippen LogP contribution in [-0.4, -0.2) is 9.97 Å². The first-order chi connectivity index (χ1) is 8.58. The van der Waals surface area contributed by atoms with Crippen LogP contribution in [-0.2, 0) is 6.42 Å². The molecule has 0 unspecified atom stereocenters. The van der Waals surface area contributed by atoms with Gasteiger partial charge in [0.15, 0.2) is 0 Å². The lowest BCUT2D eigenvalue weighted by atomic mass is 10.1. The molecule has 2 rings (SSSR count). The second-order valence-electron chi connectivity index (χ2n) is 4.29. The van der Waals surface area contributed by atoms with Crippen LogP contribution in [0, 0.1) is 13.8 Å². The summed E-state index contributed by atoms with van der Waals surface area (Å²) in [6.45, 7) is 6.22. The summed E-state index contributed by atoms with van der Waals surface area (Å²) in [6.07, 6.45) is 0.837. The Kier molecular flexibility index (Phi) is 3.82. The second-order valence-corrected chi connectivity index (χ2v) is 4.63. The van der Waals surface area contributed by atoms with Crippen LogP contribution in [0.5, 0.6) is 0 Å². The van der Waals surface area contributed by atoms with Gasteiger partial charge in [-0.2, -0.15) is 0 Å². The van der Waals surface area contributed by atoms with Crippen molar-refractivity contribution in [2.45, 2.75) is 27.2 Å². The molecule has 1 N–H and O–H groups in total. The van der Waals surface area contributed by atoms with E-state index in [1.165, 1.54) is 11.1 Å². The van der Waals surface area contributed by atoms with Gasteiger partial charge in [0.2, 0.25) is 5.28 Å². The third-order valence-electron chi connectivity index (χ3n) is 2.89. The molecule has 0 aliphatic heterocycles. The summed E-state index contributed by atoms with van der Waals surface area (Å²) < 4.78 is 0. The standard InChI is InChI=1S/C14H16ClN3/c1-4-11-8-13(18-14(15)17-11)16-12-6-5-9(2)10(3)7-12/h5-8H,4H2,1-3H3,(H,16,17,18). The molecule has 0 fully saturated rings. The van der Waals surface area contributed by atoms with Gasteiger partial charge in [0.05, 0.1) is 0 Å². The van der Waals surface area contributed by atoms with E-state index in [1.807, 2.05) is 19.1 Å². The van der Waals surface area contributed by atoms with Gasteiger partial charge in [-0.05, 0) is 55.1 Å². The van der Waals surface area contributed by atoms with Crippen LogP contribution in [0.15, 0.2) is 24.3 Å². The van der Waals surface area contributed by atoms with Gasteiger partial charge in [0.25, 0.3) is 0 Å². The number of aryl methyl sites for hydroxylation is 3. The molecule has 0 saturated carbocycles. The van der Waals surface area contributed by atoms with Crippen molar-refractivity contribution in [1.29, 1.82) is 0 Å². The number of nitrogens with one attached hydrogen (secondary N) is 1.